The van der Waals surface area contributed by atoms with Gasteiger partial charge >= 0.3 is 11.9 Å². The lowest BCUT2D eigenvalue weighted by Crippen LogP contribution is -2.59. The number of carbonyl (C=O) groups excluding carboxylic acids is 3. The van der Waals surface area contributed by atoms with Crippen LogP contribution in [-0.2, 0) is 23.9 Å². The van der Waals surface area contributed by atoms with E-state index in [1.807, 2.05) is 0 Å². The molecule has 4 saturated carbocycles. The van der Waals surface area contributed by atoms with Crippen molar-refractivity contribution in [2.75, 3.05) is 0 Å². The number of ketones is 1. The molecule has 5 nitrogen and oxygen atoms in total. The molecule has 4 fully saturated rings. The van der Waals surface area contributed by atoms with Crippen molar-refractivity contribution in [3.05, 3.63) is 0 Å². The third-order valence-corrected chi connectivity index (χ3v) is 9.82. The maximum Gasteiger partial charge on any atom is 0.302 e. The average molecular weight is 419 g/mol. The van der Waals surface area contributed by atoms with Crippen LogP contribution in [0.15, 0.2) is 0 Å². The third-order valence-electron chi connectivity index (χ3n) is 9.82. The van der Waals surface area contributed by atoms with Crippen LogP contribution >= 0.6 is 0 Å². The molecule has 9 atom stereocenters. The van der Waals surface area contributed by atoms with E-state index in [4.69, 9.17) is 9.47 Å². The Morgan fingerprint density at radius 2 is 1.50 bits per heavy atom. The predicted octanol–water partition coefficient (Wildman–Crippen LogP) is 4.71. The molecule has 0 aromatic carbocycles. The highest BCUT2D eigenvalue weighted by atomic mass is 16.5. The van der Waals surface area contributed by atoms with Gasteiger partial charge in [0.2, 0.25) is 0 Å². The number of esters is 2. The quantitative estimate of drug-likeness (QED) is 0.621. The molecule has 4 aliphatic rings. The molecule has 0 aliphatic heterocycles. The summed E-state index contributed by atoms with van der Waals surface area (Å²) < 4.78 is 11.6. The normalized spacial score (nSPS) is 47.4. The van der Waals surface area contributed by atoms with E-state index in [0.29, 0.717) is 23.7 Å². The Morgan fingerprint density at radius 3 is 2.13 bits per heavy atom. The van der Waals surface area contributed by atoms with Gasteiger partial charge in [-0.2, -0.15) is 0 Å². The van der Waals surface area contributed by atoms with Gasteiger partial charge in [-0.1, -0.05) is 13.8 Å². The number of hydrogen-bond donors (Lipinski definition) is 0. The molecule has 0 saturated heterocycles. The van der Waals surface area contributed by atoms with Crippen molar-refractivity contribution in [2.24, 2.45) is 40.4 Å². The van der Waals surface area contributed by atoms with Crippen LogP contribution in [0.1, 0.15) is 86.0 Å². The summed E-state index contributed by atoms with van der Waals surface area (Å²) in [5, 5.41) is 0. The number of Topliss-reactive ketones (excluding diaryl/α,β-unsaturated/α-hetero) is 1. The summed E-state index contributed by atoms with van der Waals surface area (Å²) in [4.78, 5) is 36.0. The first-order chi connectivity index (χ1) is 14.1. The van der Waals surface area contributed by atoms with E-state index >= 15 is 0 Å². The molecule has 0 radical (unpaired) electrons. The molecule has 5 heteroatoms. The van der Waals surface area contributed by atoms with Crippen molar-refractivity contribution >= 4 is 17.7 Å². The summed E-state index contributed by atoms with van der Waals surface area (Å²) in [6, 6.07) is 0. The highest BCUT2D eigenvalue weighted by Crippen LogP contribution is 2.68. The second kappa shape index (κ2) is 7.63. The number of ether oxygens (including phenoxy) is 2. The molecule has 0 aromatic heterocycles. The smallest absolute Gasteiger partial charge is 0.302 e. The van der Waals surface area contributed by atoms with Gasteiger partial charge in [-0.15, -0.1) is 0 Å². The number of carbonyl (C=O) groups is 3. The predicted molar refractivity (Wildman–Crippen MR) is 112 cm³/mol. The molecule has 168 valence electrons. The van der Waals surface area contributed by atoms with Crippen LogP contribution in [0.5, 0.6) is 0 Å². The summed E-state index contributed by atoms with van der Waals surface area (Å²) in [5.74, 6) is 1.92. The number of hydrogen-bond acceptors (Lipinski definition) is 5. The van der Waals surface area contributed by atoms with E-state index in [1.54, 1.807) is 6.92 Å². The zero-order valence-corrected chi connectivity index (χ0v) is 19.2. The van der Waals surface area contributed by atoms with E-state index < -0.39 is 0 Å². The fourth-order valence-electron chi connectivity index (χ4n) is 8.53. The topological polar surface area (TPSA) is 69.7 Å². The van der Waals surface area contributed by atoms with Crippen LogP contribution in [0.2, 0.25) is 0 Å². The monoisotopic (exact) mass is 418 g/mol. The summed E-state index contributed by atoms with van der Waals surface area (Å²) in [6.45, 7) is 9.37. The average Bonchev–Trinajstić information content (AvgIpc) is 3.01. The van der Waals surface area contributed by atoms with Crippen molar-refractivity contribution < 1.29 is 23.9 Å². The summed E-state index contributed by atoms with van der Waals surface area (Å²) in [6.07, 6.45) is 8.00. The van der Waals surface area contributed by atoms with Gasteiger partial charge in [-0.3, -0.25) is 14.4 Å². The van der Waals surface area contributed by atoms with E-state index in [2.05, 4.69) is 13.8 Å². The third kappa shape index (κ3) is 3.31. The van der Waals surface area contributed by atoms with Crippen LogP contribution in [0.4, 0.5) is 0 Å². The van der Waals surface area contributed by atoms with Crippen molar-refractivity contribution in [3.8, 4) is 0 Å². The minimum Gasteiger partial charge on any atom is -0.463 e. The lowest BCUT2D eigenvalue weighted by atomic mass is 9.44. The van der Waals surface area contributed by atoms with E-state index in [1.165, 1.54) is 26.7 Å². The largest absolute Gasteiger partial charge is 0.463 e. The number of rotatable bonds is 3. The first-order valence-corrected chi connectivity index (χ1v) is 11.9. The van der Waals surface area contributed by atoms with Gasteiger partial charge in [0.1, 0.15) is 18.0 Å². The fourth-order valence-corrected chi connectivity index (χ4v) is 8.53. The van der Waals surface area contributed by atoms with Gasteiger partial charge in [0.15, 0.2) is 0 Å². The van der Waals surface area contributed by atoms with Crippen molar-refractivity contribution in [1.29, 1.82) is 0 Å². The minimum absolute atomic E-state index is 0.00182. The summed E-state index contributed by atoms with van der Waals surface area (Å²) in [5.41, 5.74) is -0.0512. The molecule has 4 rings (SSSR count). The first kappa shape index (κ1) is 21.8. The summed E-state index contributed by atoms with van der Waals surface area (Å²) in [7, 11) is 0. The first-order valence-electron chi connectivity index (χ1n) is 11.9. The highest BCUT2D eigenvalue weighted by Gasteiger charge is 2.65. The van der Waals surface area contributed by atoms with Gasteiger partial charge in [0, 0.05) is 25.2 Å². The van der Waals surface area contributed by atoms with Crippen molar-refractivity contribution in [1.82, 2.24) is 0 Å². The van der Waals surface area contributed by atoms with E-state index in [9.17, 15) is 14.4 Å². The Hall–Kier alpha value is -1.39. The molecule has 0 bridgehead atoms. The standard InChI is InChI=1S/C25H38O5/c1-14(26)20-8-9-21-19-7-6-17-12-18(29-15(2)27)10-11-24(17,4)22(19)13-23(25(20,21)5)30-16(3)28/h17-23H,6-13H2,1-5H3/t17-,18-,19+,20-,21+,22+,23+,24+,25-/m1/s1. The number of fused-ring (bicyclic) bond motifs is 5. The van der Waals surface area contributed by atoms with Crippen LogP contribution in [0.25, 0.3) is 0 Å². The van der Waals surface area contributed by atoms with Crippen molar-refractivity contribution in [2.45, 2.75) is 98.2 Å². The van der Waals surface area contributed by atoms with Crippen LogP contribution in [0.3, 0.4) is 0 Å². The molecule has 0 unspecified atom stereocenters. The zero-order valence-electron chi connectivity index (χ0n) is 19.2. The van der Waals surface area contributed by atoms with Crippen LogP contribution in [-0.4, -0.2) is 29.9 Å². The Morgan fingerprint density at radius 1 is 0.800 bits per heavy atom. The lowest BCUT2D eigenvalue weighted by Gasteiger charge is -2.62. The molecule has 0 amide bonds. The van der Waals surface area contributed by atoms with E-state index in [-0.39, 0.29) is 46.7 Å². The Balaban J connectivity index is 1.64. The van der Waals surface area contributed by atoms with E-state index in [0.717, 1.165) is 38.5 Å². The highest BCUT2D eigenvalue weighted by molar-refractivity contribution is 5.80. The van der Waals surface area contributed by atoms with Crippen LogP contribution in [0, 0.1) is 40.4 Å². The molecule has 0 N–H and O–H groups in total. The lowest BCUT2D eigenvalue weighted by molar-refractivity contribution is -0.195. The second-order valence-electron chi connectivity index (χ2n) is 11.1. The fraction of sp³-hybridized carbons (Fsp3) is 0.880. The molecular weight excluding hydrogens is 380 g/mol. The molecular formula is C25H38O5. The Labute approximate surface area is 180 Å². The molecule has 0 aromatic rings. The van der Waals surface area contributed by atoms with Crippen molar-refractivity contribution in [3.63, 3.8) is 0 Å². The zero-order chi connectivity index (χ0) is 21.8. The minimum atomic E-state index is -0.239. The maximum absolute atomic E-state index is 12.5. The van der Waals surface area contributed by atoms with Gasteiger partial charge in [0.25, 0.3) is 0 Å². The second-order valence-corrected chi connectivity index (χ2v) is 11.1. The maximum atomic E-state index is 12.5. The molecule has 30 heavy (non-hydrogen) atoms. The van der Waals surface area contributed by atoms with Gasteiger partial charge < -0.3 is 9.47 Å². The van der Waals surface area contributed by atoms with Gasteiger partial charge in [-0.25, -0.2) is 0 Å². The SMILES string of the molecule is CC(=O)O[C@@H]1CC[C@@]2(C)[C@H](CC[C@@H]3[C@@H]2C[C@H](OC(C)=O)[C@]2(C)[C@@H](C(C)=O)CC[C@@H]32)C1. The van der Waals surface area contributed by atoms with Gasteiger partial charge in [-0.05, 0) is 87.4 Å². The summed E-state index contributed by atoms with van der Waals surface area (Å²) >= 11 is 0. The molecule has 0 spiro atoms. The van der Waals surface area contributed by atoms with Crippen LogP contribution < -0.4 is 0 Å². The Bertz CT molecular complexity index is 731. The molecule has 4 aliphatic carbocycles. The van der Waals surface area contributed by atoms with Gasteiger partial charge in [0.05, 0.1) is 0 Å². The Kier molecular flexibility index (Phi) is 5.55. The molecule has 0 heterocycles.